The van der Waals surface area contributed by atoms with E-state index in [1.807, 2.05) is 0 Å². The second kappa shape index (κ2) is 3.52. The second-order valence-corrected chi connectivity index (χ2v) is 5.14. The third kappa shape index (κ3) is 1.52. The lowest BCUT2D eigenvalue weighted by Gasteiger charge is -2.37. The summed E-state index contributed by atoms with van der Waals surface area (Å²) >= 11 is 0. The van der Waals surface area contributed by atoms with Crippen molar-refractivity contribution in [3.63, 3.8) is 0 Å². The van der Waals surface area contributed by atoms with Crippen LogP contribution < -0.4 is 0 Å². The highest BCUT2D eigenvalue weighted by atomic mass is 14.4. The molecule has 0 spiro atoms. The molecule has 3 aliphatic rings. The smallest absolute Gasteiger partial charge is 0.00187 e. The van der Waals surface area contributed by atoms with E-state index in [0.717, 1.165) is 17.8 Å². The fourth-order valence-electron chi connectivity index (χ4n) is 3.18. The molecule has 0 heterocycles. The molecule has 0 saturated carbocycles. The highest BCUT2D eigenvalue weighted by Crippen LogP contribution is 2.43. The van der Waals surface area contributed by atoms with E-state index in [9.17, 15) is 0 Å². The standard InChI is InChI=1S/C15H18/c1-11-5-4-8-14-9-12-6-2-3-7-13(12)10-15(11)14/h2-4,6-9,11-13,15H,5,10H2,1H3. The maximum Gasteiger partial charge on any atom is 0.00187 e. The van der Waals surface area contributed by atoms with Gasteiger partial charge in [0, 0.05) is 5.92 Å². The first kappa shape index (κ1) is 9.21. The third-order valence-electron chi connectivity index (χ3n) is 4.14. The van der Waals surface area contributed by atoms with Crippen molar-refractivity contribution in [1.29, 1.82) is 0 Å². The molecular weight excluding hydrogens is 180 g/mol. The molecule has 0 aromatic heterocycles. The summed E-state index contributed by atoms with van der Waals surface area (Å²) in [4.78, 5) is 0. The SMILES string of the molecule is CC1CC=CC2=CC3C=CC=CC3CC21. The Morgan fingerprint density at radius 3 is 3.00 bits per heavy atom. The monoisotopic (exact) mass is 198 g/mol. The maximum absolute atomic E-state index is 2.49. The molecule has 0 nitrogen and oxygen atoms in total. The Hall–Kier alpha value is -1.04. The molecule has 0 amide bonds. The summed E-state index contributed by atoms with van der Waals surface area (Å²) in [6.45, 7) is 2.39. The van der Waals surface area contributed by atoms with Crippen LogP contribution in [0.4, 0.5) is 0 Å². The van der Waals surface area contributed by atoms with Gasteiger partial charge in [-0.1, -0.05) is 49.5 Å². The average Bonchev–Trinajstić information content (AvgIpc) is 2.27. The molecule has 0 aromatic carbocycles. The molecule has 0 radical (unpaired) electrons. The molecule has 0 N–H and O–H groups in total. The van der Waals surface area contributed by atoms with E-state index in [4.69, 9.17) is 0 Å². The van der Waals surface area contributed by atoms with Gasteiger partial charge in [-0.25, -0.2) is 0 Å². The van der Waals surface area contributed by atoms with Gasteiger partial charge >= 0.3 is 0 Å². The highest BCUT2D eigenvalue weighted by molar-refractivity contribution is 5.33. The lowest BCUT2D eigenvalue weighted by molar-refractivity contribution is 0.305. The number of hydrogen-bond acceptors (Lipinski definition) is 0. The molecule has 3 rings (SSSR count). The molecule has 15 heavy (non-hydrogen) atoms. The van der Waals surface area contributed by atoms with Crippen LogP contribution in [0.5, 0.6) is 0 Å². The van der Waals surface area contributed by atoms with Gasteiger partial charge < -0.3 is 0 Å². The predicted molar refractivity (Wildman–Crippen MR) is 64.4 cm³/mol. The minimum absolute atomic E-state index is 0.663. The molecule has 0 aromatic rings. The van der Waals surface area contributed by atoms with Crippen LogP contribution in [0, 0.1) is 23.7 Å². The van der Waals surface area contributed by atoms with Gasteiger partial charge in [0.05, 0.1) is 0 Å². The quantitative estimate of drug-likeness (QED) is 0.554. The van der Waals surface area contributed by atoms with E-state index in [0.29, 0.717) is 5.92 Å². The van der Waals surface area contributed by atoms with E-state index >= 15 is 0 Å². The minimum Gasteiger partial charge on any atom is -0.0840 e. The maximum atomic E-state index is 2.49. The van der Waals surface area contributed by atoms with Gasteiger partial charge in [-0.2, -0.15) is 0 Å². The van der Waals surface area contributed by atoms with Crippen LogP contribution in [0.25, 0.3) is 0 Å². The third-order valence-corrected chi connectivity index (χ3v) is 4.14. The summed E-state index contributed by atoms with van der Waals surface area (Å²) in [5.74, 6) is 3.07. The first-order valence-corrected chi connectivity index (χ1v) is 6.08. The van der Waals surface area contributed by atoms with Crippen LogP contribution >= 0.6 is 0 Å². The van der Waals surface area contributed by atoms with E-state index in [1.54, 1.807) is 5.57 Å². The summed E-state index contributed by atoms with van der Waals surface area (Å²) in [7, 11) is 0. The number of rotatable bonds is 0. The summed E-state index contributed by atoms with van der Waals surface area (Å²) in [6.07, 6.45) is 18.9. The highest BCUT2D eigenvalue weighted by Gasteiger charge is 2.32. The van der Waals surface area contributed by atoms with E-state index in [2.05, 4.69) is 49.5 Å². The van der Waals surface area contributed by atoms with Crippen LogP contribution in [-0.4, -0.2) is 0 Å². The van der Waals surface area contributed by atoms with Gasteiger partial charge in [-0.05, 0) is 36.2 Å². The Bertz CT molecular complexity index is 367. The van der Waals surface area contributed by atoms with Gasteiger partial charge in [0.2, 0.25) is 0 Å². The van der Waals surface area contributed by atoms with Gasteiger partial charge in [0.15, 0.2) is 0 Å². The zero-order chi connectivity index (χ0) is 10.3. The molecule has 0 bridgehead atoms. The van der Waals surface area contributed by atoms with Gasteiger partial charge in [0.1, 0.15) is 0 Å². The number of allylic oxidation sites excluding steroid dienone is 8. The Labute approximate surface area is 92.1 Å². The lowest BCUT2D eigenvalue weighted by atomic mass is 9.67. The van der Waals surface area contributed by atoms with Crippen molar-refractivity contribution < 1.29 is 0 Å². The van der Waals surface area contributed by atoms with Crippen molar-refractivity contribution in [2.45, 2.75) is 19.8 Å². The minimum atomic E-state index is 0.663. The predicted octanol–water partition coefficient (Wildman–Crippen LogP) is 3.89. The van der Waals surface area contributed by atoms with Crippen molar-refractivity contribution in [2.24, 2.45) is 23.7 Å². The van der Waals surface area contributed by atoms with Crippen LogP contribution in [0.2, 0.25) is 0 Å². The summed E-state index contributed by atoms with van der Waals surface area (Å²) in [5, 5.41) is 0. The molecule has 0 saturated heterocycles. The van der Waals surface area contributed by atoms with Crippen LogP contribution in [0.1, 0.15) is 19.8 Å². The summed E-state index contributed by atoms with van der Waals surface area (Å²) in [6, 6.07) is 0. The molecule has 4 unspecified atom stereocenters. The zero-order valence-corrected chi connectivity index (χ0v) is 9.27. The fraction of sp³-hybridized carbons (Fsp3) is 0.467. The van der Waals surface area contributed by atoms with E-state index in [1.165, 1.54) is 12.8 Å². The first-order valence-electron chi connectivity index (χ1n) is 6.08. The molecule has 0 heteroatoms. The van der Waals surface area contributed by atoms with Crippen molar-refractivity contribution in [1.82, 2.24) is 0 Å². The zero-order valence-electron chi connectivity index (χ0n) is 9.27. The second-order valence-electron chi connectivity index (χ2n) is 5.14. The summed E-state index contributed by atoms with van der Waals surface area (Å²) in [5.41, 5.74) is 1.59. The van der Waals surface area contributed by atoms with E-state index in [-0.39, 0.29) is 0 Å². The Balaban J connectivity index is 1.96. The van der Waals surface area contributed by atoms with Crippen LogP contribution in [0.15, 0.2) is 48.1 Å². The topological polar surface area (TPSA) is 0 Å². The molecule has 3 aliphatic carbocycles. The van der Waals surface area contributed by atoms with Crippen molar-refractivity contribution in [3.8, 4) is 0 Å². The molecule has 78 valence electrons. The normalized spacial score (nSPS) is 42.1. The summed E-state index contributed by atoms with van der Waals surface area (Å²) < 4.78 is 0. The van der Waals surface area contributed by atoms with Gasteiger partial charge in [0.25, 0.3) is 0 Å². The van der Waals surface area contributed by atoms with Crippen molar-refractivity contribution in [3.05, 3.63) is 48.1 Å². The Morgan fingerprint density at radius 1 is 1.20 bits per heavy atom. The fourth-order valence-corrected chi connectivity index (χ4v) is 3.18. The Morgan fingerprint density at radius 2 is 2.07 bits per heavy atom. The number of fused-ring (bicyclic) bond motifs is 2. The number of hydrogen-bond donors (Lipinski definition) is 0. The van der Waals surface area contributed by atoms with Crippen LogP contribution in [-0.2, 0) is 0 Å². The van der Waals surface area contributed by atoms with E-state index < -0.39 is 0 Å². The van der Waals surface area contributed by atoms with Crippen LogP contribution in [0.3, 0.4) is 0 Å². The van der Waals surface area contributed by atoms with Gasteiger partial charge in [-0.3, -0.25) is 0 Å². The molecule has 0 aliphatic heterocycles. The Kier molecular flexibility index (Phi) is 2.16. The van der Waals surface area contributed by atoms with Crippen molar-refractivity contribution >= 4 is 0 Å². The van der Waals surface area contributed by atoms with Crippen molar-refractivity contribution in [2.75, 3.05) is 0 Å². The van der Waals surface area contributed by atoms with Gasteiger partial charge in [-0.15, -0.1) is 0 Å². The largest absolute Gasteiger partial charge is 0.0840 e. The average molecular weight is 198 g/mol. The first-order chi connectivity index (χ1) is 7.34. The lowest BCUT2D eigenvalue weighted by Crippen LogP contribution is -2.27. The molecule has 0 fully saturated rings. The molecular formula is C15H18. The molecule has 4 atom stereocenters.